The molecule has 0 fully saturated rings. The van der Waals surface area contributed by atoms with Crippen LogP contribution in [-0.4, -0.2) is 23.0 Å². The van der Waals surface area contributed by atoms with Crippen LogP contribution in [0.15, 0.2) is 34.7 Å². The smallest absolute Gasteiger partial charge is 0.339 e. The lowest BCUT2D eigenvalue weighted by molar-refractivity contribution is 0.0694. The molecule has 0 radical (unpaired) electrons. The topological polar surface area (TPSA) is 79.5 Å². The van der Waals surface area contributed by atoms with Crippen molar-refractivity contribution in [2.45, 2.75) is 32.2 Å². The third kappa shape index (κ3) is 2.62. The Morgan fingerprint density at radius 1 is 1.27 bits per heavy atom. The number of aromatic carboxylic acids is 1. The Morgan fingerprint density at radius 2 is 1.91 bits per heavy atom. The number of carboxylic acid groups (broad SMARTS) is 1. The van der Waals surface area contributed by atoms with Crippen molar-refractivity contribution in [3.05, 3.63) is 58.5 Å². The van der Waals surface area contributed by atoms with Crippen LogP contribution in [0.25, 0.3) is 0 Å². The number of hydrogen-bond donors (Lipinski definition) is 2. The van der Waals surface area contributed by atoms with Crippen LogP contribution in [0.2, 0.25) is 0 Å². The quantitative estimate of drug-likeness (QED) is 0.908. The van der Waals surface area contributed by atoms with Gasteiger partial charge in [0, 0.05) is 18.5 Å². The second-order valence-corrected chi connectivity index (χ2v) is 5.45. The average Bonchev–Trinajstić information content (AvgIpc) is 3.10. The molecule has 2 N–H and O–H groups in total. The highest BCUT2D eigenvalue weighted by Crippen LogP contribution is 2.22. The molecule has 0 saturated heterocycles. The molecule has 1 amide bonds. The van der Waals surface area contributed by atoms with E-state index in [-0.39, 0.29) is 23.3 Å². The minimum atomic E-state index is -1.08. The predicted octanol–water partition coefficient (Wildman–Crippen LogP) is 2.44. The molecule has 114 valence electrons. The highest BCUT2D eigenvalue weighted by Gasteiger charge is 2.25. The van der Waals surface area contributed by atoms with Crippen molar-refractivity contribution in [1.29, 1.82) is 0 Å². The van der Waals surface area contributed by atoms with E-state index in [0.717, 1.165) is 12.8 Å². The lowest BCUT2D eigenvalue weighted by Gasteiger charge is -2.10. The number of benzene rings is 1. The van der Waals surface area contributed by atoms with E-state index >= 15 is 0 Å². The molecule has 0 aliphatic heterocycles. The fraction of sp³-hybridized carbons (Fsp3) is 0.294. The summed E-state index contributed by atoms with van der Waals surface area (Å²) in [6, 6.07) is 9.43. The number of rotatable bonds is 4. The van der Waals surface area contributed by atoms with Crippen LogP contribution in [0, 0.1) is 0 Å². The standard InChI is InChI=1S/C17H17NO4/c1-2-14-13(17(20)21)9-15(22-14)16(19)18-12-7-10-5-3-4-6-11(10)8-12/h3-6,9,12H,2,7-8H2,1H3,(H,18,19)(H,20,21). The van der Waals surface area contributed by atoms with Gasteiger partial charge in [0.2, 0.25) is 0 Å². The fourth-order valence-corrected chi connectivity index (χ4v) is 2.90. The van der Waals surface area contributed by atoms with Crippen LogP contribution in [0.1, 0.15) is 44.7 Å². The predicted molar refractivity (Wildman–Crippen MR) is 80.1 cm³/mol. The summed E-state index contributed by atoms with van der Waals surface area (Å²) in [5, 5.41) is 12.0. The number of amides is 1. The number of carbonyl (C=O) groups excluding carboxylic acids is 1. The zero-order chi connectivity index (χ0) is 15.7. The van der Waals surface area contributed by atoms with Crippen LogP contribution in [-0.2, 0) is 19.3 Å². The van der Waals surface area contributed by atoms with E-state index in [1.807, 2.05) is 12.1 Å². The van der Waals surface area contributed by atoms with Gasteiger partial charge in [-0.25, -0.2) is 4.79 Å². The average molecular weight is 299 g/mol. The maximum atomic E-state index is 12.3. The lowest BCUT2D eigenvalue weighted by Crippen LogP contribution is -2.35. The van der Waals surface area contributed by atoms with Crippen molar-refractivity contribution in [2.24, 2.45) is 0 Å². The molecule has 0 saturated carbocycles. The Bertz CT molecular complexity index is 707. The van der Waals surface area contributed by atoms with Gasteiger partial charge in [0.15, 0.2) is 5.76 Å². The van der Waals surface area contributed by atoms with Crippen LogP contribution in [0.5, 0.6) is 0 Å². The molecule has 1 aliphatic rings. The number of hydrogen-bond acceptors (Lipinski definition) is 3. The van der Waals surface area contributed by atoms with E-state index in [0.29, 0.717) is 12.2 Å². The Hall–Kier alpha value is -2.56. The first-order chi connectivity index (χ1) is 10.6. The molecule has 0 unspecified atom stereocenters. The molecule has 1 aromatic heterocycles. The van der Waals surface area contributed by atoms with E-state index in [4.69, 9.17) is 9.52 Å². The van der Waals surface area contributed by atoms with E-state index in [1.54, 1.807) is 6.92 Å². The van der Waals surface area contributed by atoms with Gasteiger partial charge in [-0.15, -0.1) is 0 Å². The van der Waals surface area contributed by atoms with Crippen molar-refractivity contribution in [3.8, 4) is 0 Å². The molecule has 5 nitrogen and oxygen atoms in total. The maximum absolute atomic E-state index is 12.3. The fourth-order valence-electron chi connectivity index (χ4n) is 2.90. The number of fused-ring (bicyclic) bond motifs is 1. The first-order valence-corrected chi connectivity index (χ1v) is 7.32. The summed E-state index contributed by atoms with van der Waals surface area (Å²) in [6.07, 6.45) is 2.01. The van der Waals surface area contributed by atoms with Gasteiger partial charge >= 0.3 is 5.97 Å². The van der Waals surface area contributed by atoms with Crippen LogP contribution in [0.4, 0.5) is 0 Å². The van der Waals surface area contributed by atoms with Crippen LogP contribution in [0.3, 0.4) is 0 Å². The summed E-state index contributed by atoms with van der Waals surface area (Å²) in [6.45, 7) is 1.79. The normalized spacial score (nSPS) is 13.9. The molecule has 1 heterocycles. The SMILES string of the molecule is CCc1oc(C(=O)NC2Cc3ccccc3C2)cc1C(=O)O. The minimum Gasteiger partial charge on any atom is -0.478 e. The Balaban J connectivity index is 1.72. The zero-order valence-electron chi connectivity index (χ0n) is 12.3. The highest BCUT2D eigenvalue weighted by atomic mass is 16.4. The second-order valence-electron chi connectivity index (χ2n) is 5.45. The van der Waals surface area contributed by atoms with Crippen LogP contribution >= 0.6 is 0 Å². The van der Waals surface area contributed by atoms with Crippen LogP contribution < -0.4 is 5.32 Å². The summed E-state index contributed by atoms with van der Waals surface area (Å²) in [7, 11) is 0. The molecule has 1 aromatic carbocycles. The number of furan rings is 1. The molecular weight excluding hydrogens is 282 g/mol. The largest absolute Gasteiger partial charge is 0.478 e. The molecule has 0 spiro atoms. The second kappa shape index (κ2) is 5.67. The molecule has 3 rings (SSSR count). The van der Waals surface area contributed by atoms with E-state index in [1.165, 1.54) is 17.2 Å². The van der Waals surface area contributed by atoms with E-state index < -0.39 is 5.97 Å². The Kier molecular flexibility index (Phi) is 3.71. The Labute approximate surface area is 127 Å². The van der Waals surface area contributed by atoms with E-state index in [9.17, 15) is 9.59 Å². The molecule has 2 aromatic rings. The lowest BCUT2D eigenvalue weighted by atomic mass is 10.1. The number of carbonyl (C=O) groups is 2. The van der Waals surface area contributed by atoms with Crippen molar-refractivity contribution >= 4 is 11.9 Å². The Morgan fingerprint density at radius 3 is 2.41 bits per heavy atom. The van der Waals surface area contributed by atoms with Crippen molar-refractivity contribution in [2.75, 3.05) is 0 Å². The zero-order valence-corrected chi connectivity index (χ0v) is 12.3. The molecule has 0 bridgehead atoms. The summed E-state index contributed by atoms with van der Waals surface area (Å²) >= 11 is 0. The monoisotopic (exact) mass is 299 g/mol. The number of carboxylic acids is 1. The van der Waals surface area contributed by atoms with Crippen molar-refractivity contribution in [3.63, 3.8) is 0 Å². The summed E-state index contributed by atoms with van der Waals surface area (Å²) < 4.78 is 5.38. The molecule has 5 heteroatoms. The summed E-state index contributed by atoms with van der Waals surface area (Å²) in [5.41, 5.74) is 2.54. The molecule has 22 heavy (non-hydrogen) atoms. The summed E-state index contributed by atoms with van der Waals surface area (Å²) in [5.74, 6) is -1.05. The van der Waals surface area contributed by atoms with Gasteiger partial charge in [-0.2, -0.15) is 0 Å². The molecule has 0 atom stereocenters. The van der Waals surface area contributed by atoms with Gasteiger partial charge in [0.25, 0.3) is 5.91 Å². The van der Waals surface area contributed by atoms with Gasteiger partial charge in [0.1, 0.15) is 11.3 Å². The molecular formula is C17H17NO4. The number of aryl methyl sites for hydroxylation is 1. The minimum absolute atomic E-state index is 0.0216. The van der Waals surface area contributed by atoms with Crippen molar-refractivity contribution in [1.82, 2.24) is 5.32 Å². The van der Waals surface area contributed by atoms with Crippen molar-refractivity contribution < 1.29 is 19.1 Å². The number of nitrogens with one attached hydrogen (secondary N) is 1. The first kappa shape index (κ1) is 14.4. The third-order valence-corrected chi connectivity index (χ3v) is 3.97. The maximum Gasteiger partial charge on any atom is 0.339 e. The summed E-state index contributed by atoms with van der Waals surface area (Å²) in [4.78, 5) is 23.4. The van der Waals surface area contributed by atoms with Gasteiger partial charge in [-0.1, -0.05) is 31.2 Å². The molecule has 1 aliphatic carbocycles. The van der Waals surface area contributed by atoms with Gasteiger partial charge in [0.05, 0.1) is 0 Å². The first-order valence-electron chi connectivity index (χ1n) is 7.32. The van der Waals surface area contributed by atoms with Gasteiger partial charge < -0.3 is 14.8 Å². The third-order valence-electron chi connectivity index (χ3n) is 3.97. The van der Waals surface area contributed by atoms with Gasteiger partial charge in [-0.3, -0.25) is 4.79 Å². The highest BCUT2D eigenvalue weighted by molar-refractivity contribution is 5.96. The van der Waals surface area contributed by atoms with E-state index in [2.05, 4.69) is 17.4 Å². The van der Waals surface area contributed by atoms with Gasteiger partial charge in [-0.05, 0) is 24.0 Å².